The number of piperidine rings is 1. The Morgan fingerprint density at radius 1 is 1.56 bits per heavy atom. The molecule has 18 heavy (non-hydrogen) atoms. The van der Waals surface area contributed by atoms with E-state index in [1.165, 1.54) is 4.88 Å². The number of aryl methyl sites for hydroxylation is 1. The second-order valence-corrected chi connectivity index (χ2v) is 6.15. The second kappa shape index (κ2) is 6.55. The van der Waals surface area contributed by atoms with E-state index < -0.39 is 0 Å². The van der Waals surface area contributed by atoms with Crippen LogP contribution in [0.1, 0.15) is 24.1 Å². The molecule has 2 heterocycles. The first-order chi connectivity index (χ1) is 8.66. The van der Waals surface area contributed by atoms with Gasteiger partial charge in [-0.25, -0.2) is 0 Å². The topological polar surface area (TPSA) is 32.3 Å². The minimum Gasteiger partial charge on any atom is -0.343 e. The van der Waals surface area contributed by atoms with Gasteiger partial charge < -0.3 is 10.2 Å². The lowest BCUT2D eigenvalue weighted by Gasteiger charge is -2.31. The van der Waals surface area contributed by atoms with Crippen molar-refractivity contribution in [3.8, 4) is 0 Å². The lowest BCUT2D eigenvalue weighted by atomic mass is 10.0. The SMILES string of the molecule is CN(C(=O)CCc1cc(Cl)cs1)C1CCNCC1. The summed E-state index contributed by atoms with van der Waals surface area (Å²) in [5, 5.41) is 6.01. The summed E-state index contributed by atoms with van der Waals surface area (Å²) in [6.45, 7) is 2.03. The Balaban J connectivity index is 1.79. The number of nitrogens with one attached hydrogen (secondary N) is 1. The first-order valence-corrected chi connectivity index (χ1v) is 7.62. The third-order valence-electron chi connectivity index (χ3n) is 3.46. The van der Waals surface area contributed by atoms with Crippen molar-refractivity contribution in [2.75, 3.05) is 20.1 Å². The standard InChI is InChI=1S/C13H19ClN2OS/c1-16(11-4-6-15-7-5-11)13(17)3-2-12-8-10(14)9-18-12/h8-9,11,15H,2-7H2,1H3. The number of thiophene rings is 1. The third kappa shape index (κ3) is 3.70. The van der Waals surface area contributed by atoms with Crippen LogP contribution in [0, 0.1) is 0 Å². The van der Waals surface area contributed by atoms with E-state index in [9.17, 15) is 4.79 Å². The fourth-order valence-electron chi connectivity index (χ4n) is 2.29. The molecule has 1 aliphatic rings. The monoisotopic (exact) mass is 286 g/mol. The van der Waals surface area contributed by atoms with Crippen LogP contribution in [0.5, 0.6) is 0 Å². The average molecular weight is 287 g/mol. The van der Waals surface area contributed by atoms with Crippen LogP contribution in [-0.2, 0) is 11.2 Å². The molecule has 0 aromatic carbocycles. The molecule has 100 valence electrons. The number of rotatable bonds is 4. The normalized spacial score (nSPS) is 16.8. The Hall–Kier alpha value is -0.580. The summed E-state index contributed by atoms with van der Waals surface area (Å²) in [5.41, 5.74) is 0. The van der Waals surface area contributed by atoms with Gasteiger partial charge in [0.25, 0.3) is 0 Å². The Morgan fingerprint density at radius 2 is 2.28 bits per heavy atom. The Bertz CT molecular complexity index is 401. The molecule has 1 aromatic rings. The molecule has 1 amide bonds. The molecule has 3 nitrogen and oxygen atoms in total. The molecular formula is C13H19ClN2OS. The van der Waals surface area contributed by atoms with Gasteiger partial charge in [0.2, 0.25) is 5.91 Å². The number of nitrogens with zero attached hydrogens (tertiary/aromatic N) is 1. The summed E-state index contributed by atoms with van der Waals surface area (Å²) in [7, 11) is 1.93. The maximum absolute atomic E-state index is 12.1. The van der Waals surface area contributed by atoms with Gasteiger partial charge in [-0.1, -0.05) is 11.6 Å². The van der Waals surface area contributed by atoms with E-state index in [1.54, 1.807) is 11.3 Å². The second-order valence-electron chi connectivity index (χ2n) is 4.72. The molecule has 2 rings (SSSR count). The number of carbonyl (C=O) groups is 1. The van der Waals surface area contributed by atoms with Gasteiger partial charge in [0, 0.05) is 29.8 Å². The zero-order valence-corrected chi connectivity index (χ0v) is 12.2. The van der Waals surface area contributed by atoms with E-state index in [0.717, 1.165) is 37.4 Å². The van der Waals surface area contributed by atoms with Crippen molar-refractivity contribution in [1.82, 2.24) is 10.2 Å². The van der Waals surface area contributed by atoms with Crippen molar-refractivity contribution >= 4 is 28.8 Å². The molecule has 0 radical (unpaired) electrons. The average Bonchev–Trinajstić information content (AvgIpc) is 2.82. The summed E-state index contributed by atoms with van der Waals surface area (Å²) >= 11 is 7.49. The molecule has 1 aromatic heterocycles. The van der Waals surface area contributed by atoms with Crippen LogP contribution in [0.4, 0.5) is 0 Å². The third-order valence-corrected chi connectivity index (χ3v) is 4.80. The Kier molecular flexibility index (Phi) is 5.03. The quantitative estimate of drug-likeness (QED) is 0.923. The van der Waals surface area contributed by atoms with Gasteiger partial charge in [-0.05, 0) is 38.4 Å². The predicted molar refractivity (Wildman–Crippen MR) is 76.3 cm³/mol. The first kappa shape index (κ1) is 13.8. The molecule has 0 unspecified atom stereocenters. The highest BCUT2D eigenvalue weighted by atomic mass is 35.5. The highest BCUT2D eigenvalue weighted by molar-refractivity contribution is 7.10. The van der Waals surface area contributed by atoms with Crippen molar-refractivity contribution in [2.24, 2.45) is 0 Å². The highest BCUT2D eigenvalue weighted by Gasteiger charge is 2.21. The van der Waals surface area contributed by atoms with E-state index in [-0.39, 0.29) is 5.91 Å². The van der Waals surface area contributed by atoms with E-state index in [1.807, 2.05) is 23.4 Å². The minimum atomic E-state index is 0.242. The lowest BCUT2D eigenvalue weighted by Crippen LogP contribution is -2.44. The molecule has 5 heteroatoms. The highest BCUT2D eigenvalue weighted by Crippen LogP contribution is 2.21. The molecule has 0 bridgehead atoms. The van der Waals surface area contributed by atoms with Crippen LogP contribution in [-0.4, -0.2) is 37.0 Å². The number of carbonyl (C=O) groups excluding carboxylic acids is 1. The summed E-state index contributed by atoms with van der Waals surface area (Å²) in [4.78, 5) is 15.2. The van der Waals surface area contributed by atoms with Crippen LogP contribution in [0.3, 0.4) is 0 Å². The summed E-state index contributed by atoms with van der Waals surface area (Å²) in [5.74, 6) is 0.242. The molecule has 0 atom stereocenters. The number of hydrogen-bond donors (Lipinski definition) is 1. The van der Waals surface area contributed by atoms with Gasteiger partial charge in [0.05, 0.1) is 5.02 Å². The van der Waals surface area contributed by atoms with Crippen molar-refractivity contribution in [2.45, 2.75) is 31.7 Å². The first-order valence-electron chi connectivity index (χ1n) is 6.36. The van der Waals surface area contributed by atoms with E-state index in [0.29, 0.717) is 12.5 Å². The molecule has 0 saturated carbocycles. The van der Waals surface area contributed by atoms with Crippen LogP contribution < -0.4 is 5.32 Å². The van der Waals surface area contributed by atoms with Crippen molar-refractivity contribution in [1.29, 1.82) is 0 Å². The maximum Gasteiger partial charge on any atom is 0.222 e. The van der Waals surface area contributed by atoms with Gasteiger partial charge in [-0.2, -0.15) is 0 Å². The van der Waals surface area contributed by atoms with Gasteiger partial charge in [-0.3, -0.25) is 4.79 Å². The summed E-state index contributed by atoms with van der Waals surface area (Å²) < 4.78 is 0. The fourth-order valence-corrected chi connectivity index (χ4v) is 3.37. The van der Waals surface area contributed by atoms with Crippen LogP contribution >= 0.6 is 22.9 Å². The van der Waals surface area contributed by atoms with E-state index in [4.69, 9.17) is 11.6 Å². The van der Waals surface area contributed by atoms with Crippen molar-refractivity contribution in [3.63, 3.8) is 0 Å². The molecule has 0 aliphatic carbocycles. The van der Waals surface area contributed by atoms with E-state index >= 15 is 0 Å². The lowest BCUT2D eigenvalue weighted by molar-refractivity contribution is -0.132. The van der Waals surface area contributed by atoms with Crippen LogP contribution in [0.25, 0.3) is 0 Å². The Morgan fingerprint density at radius 3 is 2.89 bits per heavy atom. The number of halogens is 1. The van der Waals surface area contributed by atoms with Crippen LogP contribution in [0.2, 0.25) is 5.02 Å². The van der Waals surface area contributed by atoms with Gasteiger partial charge >= 0.3 is 0 Å². The van der Waals surface area contributed by atoms with Crippen molar-refractivity contribution < 1.29 is 4.79 Å². The molecule has 1 fully saturated rings. The molecule has 1 N–H and O–H groups in total. The number of hydrogen-bond acceptors (Lipinski definition) is 3. The fraction of sp³-hybridized carbons (Fsp3) is 0.615. The van der Waals surface area contributed by atoms with Crippen LogP contribution in [0.15, 0.2) is 11.4 Å². The zero-order valence-electron chi connectivity index (χ0n) is 10.6. The van der Waals surface area contributed by atoms with Gasteiger partial charge in [0.1, 0.15) is 0 Å². The van der Waals surface area contributed by atoms with Gasteiger partial charge in [-0.15, -0.1) is 11.3 Å². The largest absolute Gasteiger partial charge is 0.343 e. The smallest absolute Gasteiger partial charge is 0.222 e. The summed E-state index contributed by atoms with van der Waals surface area (Å²) in [6, 6.07) is 2.36. The minimum absolute atomic E-state index is 0.242. The molecule has 0 spiro atoms. The van der Waals surface area contributed by atoms with Crippen molar-refractivity contribution in [3.05, 3.63) is 21.3 Å². The molecular weight excluding hydrogens is 268 g/mol. The van der Waals surface area contributed by atoms with E-state index in [2.05, 4.69) is 5.32 Å². The Labute approximate surface area is 117 Å². The van der Waals surface area contributed by atoms with Gasteiger partial charge in [0.15, 0.2) is 0 Å². The molecule has 1 saturated heterocycles. The zero-order chi connectivity index (χ0) is 13.0. The maximum atomic E-state index is 12.1. The number of amides is 1. The summed E-state index contributed by atoms with van der Waals surface area (Å²) in [6.07, 6.45) is 3.50. The molecule has 1 aliphatic heterocycles. The predicted octanol–water partition coefficient (Wildman–Crippen LogP) is 2.54.